The molecule has 1 fully saturated rings. The number of phenolic OH excluding ortho intramolecular Hbond substituents is 4. The summed E-state index contributed by atoms with van der Waals surface area (Å²) in [6.07, 6.45) is -5.92. The lowest BCUT2D eigenvalue weighted by molar-refractivity contribution is -0.295. The molecule has 232 valence electrons. The molecule has 0 unspecified atom stereocenters. The maximum Gasteiger partial charge on any atom is 0.338 e. The highest BCUT2D eigenvalue weighted by molar-refractivity contribution is 5.91. The summed E-state index contributed by atoms with van der Waals surface area (Å²) in [4.78, 5) is 37.8. The Hall–Kier alpha value is -5.11. The molecule has 1 heterocycles. The van der Waals surface area contributed by atoms with Crippen LogP contribution in [0.5, 0.6) is 23.0 Å². The Labute approximate surface area is 250 Å². The Morgan fingerprint density at radius 2 is 1.50 bits per heavy atom. The Morgan fingerprint density at radius 1 is 0.841 bits per heavy atom. The molecule has 5 atom stereocenters. The third-order valence-corrected chi connectivity index (χ3v) is 6.59. The van der Waals surface area contributed by atoms with Crippen molar-refractivity contribution >= 4 is 24.0 Å². The summed E-state index contributed by atoms with van der Waals surface area (Å²) in [5.41, 5.74) is 1.04. The SMILES string of the molecule is O=C(/C=C/c1ccccc1)O[C@H]1[C@H](OC(=O)CCc2ccc(O)cc2)O[C@H](COC(=O)c2cc(O)c(O)c(O)c2)[C@@H](O)[C@@H]1O. The molecular weight excluding hydrogens is 580 g/mol. The van der Waals surface area contributed by atoms with Gasteiger partial charge in [-0.1, -0.05) is 42.5 Å². The van der Waals surface area contributed by atoms with Crippen molar-refractivity contribution < 1.29 is 64.0 Å². The van der Waals surface area contributed by atoms with E-state index in [9.17, 15) is 45.0 Å². The van der Waals surface area contributed by atoms with E-state index in [2.05, 4.69) is 0 Å². The van der Waals surface area contributed by atoms with Crippen LogP contribution in [0.1, 0.15) is 27.9 Å². The number of hydrogen-bond acceptors (Lipinski definition) is 13. The number of aryl methyl sites for hydroxylation is 1. The Kier molecular flexibility index (Phi) is 10.4. The fourth-order valence-corrected chi connectivity index (χ4v) is 4.23. The second-order valence-corrected chi connectivity index (χ2v) is 9.79. The molecule has 0 bridgehead atoms. The highest BCUT2D eigenvalue weighted by Crippen LogP contribution is 2.35. The number of benzene rings is 3. The van der Waals surface area contributed by atoms with Crippen LogP contribution in [0, 0.1) is 0 Å². The Bertz CT molecular complexity index is 1460. The Morgan fingerprint density at radius 3 is 2.16 bits per heavy atom. The maximum absolute atomic E-state index is 12.7. The lowest BCUT2D eigenvalue weighted by Gasteiger charge is -2.41. The normalized spacial score (nSPS) is 21.5. The second-order valence-electron chi connectivity index (χ2n) is 9.79. The van der Waals surface area contributed by atoms with E-state index in [0.29, 0.717) is 11.1 Å². The fourth-order valence-electron chi connectivity index (χ4n) is 4.23. The molecule has 0 spiro atoms. The maximum atomic E-state index is 12.7. The summed E-state index contributed by atoms with van der Waals surface area (Å²) in [5.74, 6) is -5.20. The van der Waals surface area contributed by atoms with E-state index in [-0.39, 0.29) is 24.2 Å². The van der Waals surface area contributed by atoms with E-state index in [1.807, 2.05) is 0 Å². The molecule has 44 heavy (non-hydrogen) atoms. The van der Waals surface area contributed by atoms with Gasteiger partial charge in [-0.15, -0.1) is 0 Å². The molecule has 4 rings (SSSR count). The molecule has 1 aliphatic heterocycles. The predicted molar refractivity (Wildman–Crippen MR) is 150 cm³/mol. The molecule has 1 aliphatic rings. The molecule has 13 nitrogen and oxygen atoms in total. The van der Waals surface area contributed by atoms with E-state index in [0.717, 1.165) is 18.2 Å². The van der Waals surface area contributed by atoms with Gasteiger partial charge >= 0.3 is 17.9 Å². The molecule has 0 amide bonds. The van der Waals surface area contributed by atoms with Crippen LogP contribution in [0.25, 0.3) is 6.08 Å². The number of carbonyl (C=O) groups excluding carboxylic acids is 3. The summed E-state index contributed by atoms with van der Waals surface area (Å²) >= 11 is 0. The molecule has 0 saturated carbocycles. The number of aromatic hydroxyl groups is 4. The van der Waals surface area contributed by atoms with E-state index >= 15 is 0 Å². The van der Waals surface area contributed by atoms with Gasteiger partial charge in [0.1, 0.15) is 30.7 Å². The van der Waals surface area contributed by atoms with Crippen molar-refractivity contribution in [2.75, 3.05) is 6.61 Å². The van der Waals surface area contributed by atoms with Crippen LogP contribution in [0.2, 0.25) is 0 Å². The predicted octanol–water partition coefficient (Wildman–Crippen LogP) is 1.91. The van der Waals surface area contributed by atoms with Crippen LogP contribution in [0.3, 0.4) is 0 Å². The first-order valence-electron chi connectivity index (χ1n) is 13.4. The van der Waals surface area contributed by atoms with E-state index in [1.54, 1.807) is 42.5 Å². The number of aliphatic hydroxyl groups excluding tert-OH is 2. The summed E-state index contributed by atoms with van der Waals surface area (Å²) < 4.78 is 21.4. The number of carbonyl (C=O) groups is 3. The van der Waals surface area contributed by atoms with Gasteiger partial charge in [0.05, 0.1) is 5.56 Å². The zero-order chi connectivity index (χ0) is 31.8. The number of rotatable bonds is 10. The highest BCUT2D eigenvalue weighted by atomic mass is 16.7. The number of aliphatic hydroxyl groups is 2. The second kappa shape index (κ2) is 14.4. The first-order chi connectivity index (χ1) is 21.0. The average Bonchev–Trinajstić information content (AvgIpc) is 3.01. The van der Waals surface area contributed by atoms with Crippen LogP contribution in [-0.4, -0.2) is 85.9 Å². The number of esters is 3. The van der Waals surface area contributed by atoms with Gasteiger partial charge in [0.15, 0.2) is 23.4 Å². The van der Waals surface area contributed by atoms with Crippen molar-refractivity contribution in [2.24, 2.45) is 0 Å². The molecule has 6 N–H and O–H groups in total. The van der Waals surface area contributed by atoms with Crippen molar-refractivity contribution in [3.63, 3.8) is 0 Å². The van der Waals surface area contributed by atoms with Gasteiger partial charge in [-0.05, 0) is 47.9 Å². The molecule has 0 aliphatic carbocycles. The zero-order valence-corrected chi connectivity index (χ0v) is 23.1. The van der Waals surface area contributed by atoms with Crippen LogP contribution in [0.4, 0.5) is 0 Å². The third-order valence-electron chi connectivity index (χ3n) is 6.59. The van der Waals surface area contributed by atoms with Crippen LogP contribution >= 0.6 is 0 Å². The topological polar surface area (TPSA) is 210 Å². The van der Waals surface area contributed by atoms with E-state index in [1.165, 1.54) is 18.2 Å². The first kappa shape index (κ1) is 31.8. The lowest BCUT2D eigenvalue weighted by Crippen LogP contribution is -2.61. The molecule has 3 aromatic rings. The molecule has 1 saturated heterocycles. The minimum Gasteiger partial charge on any atom is -0.508 e. The summed E-state index contributed by atoms with van der Waals surface area (Å²) in [6.45, 7) is -0.699. The minimum atomic E-state index is -1.85. The standard InChI is InChI=1S/C31H30O13/c32-20-10-6-18(7-11-20)9-13-25(36)44-31-29(43-24(35)12-8-17-4-2-1-3-5-17)28(39)27(38)23(42-31)16-41-30(40)19-14-21(33)26(37)22(34)15-19/h1-8,10-12,14-15,23,27-29,31-34,37-39H,9,13,16H2/b12-8+/t23-,27-,28+,29-,31+/m1/s1. The first-order valence-corrected chi connectivity index (χ1v) is 13.4. The molecule has 3 aromatic carbocycles. The monoisotopic (exact) mass is 610 g/mol. The van der Waals surface area contributed by atoms with Gasteiger partial charge in [0.25, 0.3) is 0 Å². The number of phenols is 4. The van der Waals surface area contributed by atoms with Gasteiger partial charge in [-0.25, -0.2) is 9.59 Å². The summed E-state index contributed by atoms with van der Waals surface area (Å²) in [6, 6.07) is 16.6. The molecule has 13 heteroatoms. The van der Waals surface area contributed by atoms with E-state index < -0.39 is 72.5 Å². The van der Waals surface area contributed by atoms with E-state index in [4.69, 9.17) is 18.9 Å². The van der Waals surface area contributed by atoms with Gasteiger partial charge in [0, 0.05) is 12.5 Å². The van der Waals surface area contributed by atoms with Gasteiger partial charge in [0.2, 0.25) is 6.29 Å². The van der Waals surface area contributed by atoms with Crippen molar-refractivity contribution in [1.82, 2.24) is 0 Å². The van der Waals surface area contributed by atoms with Crippen LogP contribution in [0.15, 0.2) is 72.8 Å². The fraction of sp³-hybridized carbons (Fsp3) is 0.258. The quantitative estimate of drug-likeness (QED) is 0.0840. The Balaban J connectivity index is 1.46. The highest BCUT2D eigenvalue weighted by Gasteiger charge is 2.49. The van der Waals surface area contributed by atoms with Crippen molar-refractivity contribution in [2.45, 2.75) is 43.5 Å². The third kappa shape index (κ3) is 8.25. The largest absolute Gasteiger partial charge is 0.508 e. The molecule has 0 radical (unpaired) electrons. The summed E-state index contributed by atoms with van der Waals surface area (Å²) in [5, 5.41) is 59.8. The average molecular weight is 611 g/mol. The molecule has 0 aromatic heterocycles. The van der Waals surface area contributed by atoms with Crippen LogP contribution < -0.4 is 0 Å². The van der Waals surface area contributed by atoms with Gasteiger partial charge in [-0.3, -0.25) is 4.79 Å². The van der Waals surface area contributed by atoms with Gasteiger partial charge < -0.3 is 49.6 Å². The zero-order valence-electron chi connectivity index (χ0n) is 23.1. The van der Waals surface area contributed by atoms with Crippen LogP contribution in [-0.2, 0) is 35.0 Å². The number of ether oxygens (including phenoxy) is 4. The van der Waals surface area contributed by atoms with Crippen molar-refractivity contribution in [3.05, 3.63) is 89.5 Å². The lowest BCUT2D eigenvalue weighted by atomic mass is 9.99. The molecular formula is C31H30O13. The minimum absolute atomic E-state index is 0.0520. The van der Waals surface area contributed by atoms with Crippen molar-refractivity contribution in [1.29, 1.82) is 0 Å². The smallest absolute Gasteiger partial charge is 0.338 e. The summed E-state index contributed by atoms with van der Waals surface area (Å²) in [7, 11) is 0. The van der Waals surface area contributed by atoms with Crippen molar-refractivity contribution in [3.8, 4) is 23.0 Å². The number of hydrogen-bond donors (Lipinski definition) is 6. The van der Waals surface area contributed by atoms with Gasteiger partial charge in [-0.2, -0.15) is 0 Å².